The molecule has 2 heterocycles. The zero-order valence-corrected chi connectivity index (χ0v) is 17.4. The topological polar surface area (TPSA) is 87.5 Å². The van der Waals surface area contributed by atoms with Crippen molar-refractivity contribution in [1.82, 2.24) is 24.9 Å². The number of nitrogens with zero attached hydrogens (tertiary/aromatic N) is 4. The van der Waals surface area contributed by atoms with Crippen molar-refractivity contribution in [3.8, 4) is 5.69 Å². The second-order valence-electron chi connectivity index (χ2n) is 8.46. The first-order valence-electron chi connectivity index (χ1n) is 10.3. The van der Waals surface area contributed by atoms with Crippen molar-refractivity contribution in [2.24, 2.45) is 5.92 Å². The summed E-state index contributed by atoms with van der Waals surface area (Å²) in [5.74, 6) is 0.00387. The van der Waals surface area contributed by atoms with Crippen molar-refractivity contribution >= 4 is 17.8 Å². The molecule has 2 aromatic rings. The van der Waals surface area contributed by atoms with E-state index in [2.05, 4.69) is 17.3 Å². The van der Waals surface area contributed by atoms with Crippen LogP contribution in [-0.4, -0.2) is 56.6 Å². The summed E-state index contributed by atoms with van der Waals surface area (Å²) < 4.78 is 1.75. The van der Waals surface area contributed by atoms with E-state index in [0.29, 0.717) is 25.3 Å². The standard InChI is InChI=1S/C22H27N5O3/c1-16-8-10-22(11-9-16)20(29)26(21(30)24-22)15-19(28)25(2)13-17-12-23-27(14-17)18-6-4-3-5-7-18/h3-7,12,14,16H,8-11,13,15H2,1-2H3,(H,24,30). The Balaban J connectivity index is 1.37. The molecule has 1 saturated heterocycles. The van der Waals surface area contributed by atoms with E-state index in [1.165, 1.54) is 4.90 Å². The lowest BCUT2D eigenvalue weighted by atomic mass is 9.77. The molecule has 1 aromatic carbocycles. The van der Waals surface area contributed by atoms with Crippen LogP contribution in [0.5, 0.6) is 0 Å². The number of rotatable bonds is 5. The van der Waals surface area contributed by atoms with Gasteiger partial charge in [-0.2, -0.15) is 5.10 Å². The molecule has 8 heteroatoms. The highest BCUT2D eigenvalue weighted by Crippen LogP contribution is 2.36. The van der Waals surface area contributed by atoms with Gasteiger partial charge in [-0.1, -0.05) is 25.1 Å². The Kier molecular flexibility index (Phi) is 5.32. The minimum atomic E-state index is -0.820. The summed E-state index contributed by atoms with van der Waals surface area (Å²) in [7, 11) is 1.67. The Labute approximate surface area is 175 Å². The van der Waals surface area contributed by atoms with Crippen molar-refractivity contribution in [2.45, 2.75) is 44.7 Å². The van der Waals surface area contributed by atoms with Gasteiger partial charge >= 0.3 is 6.03 Å². The van der Waals surface area contributed by atoms with E-state index in [4.69, 9.17) is 0 Å². The molecule has 1 aliphatic heterocycles. The molecule has 1 saturated carbocycles. The third-order valence-corrected chi connectivity index (χ3v) is 6.17. The summed E-state index contributed by atoms with van der Waals surface area (Å²) in [5, 5.41) is 7.20. The lowest BCUT2D eigenvalue weighted by Crippen LogP contribution is -2.50. The zero-order chi connectivity index (χ0) is 21.3. The minimum Gasteiger partial charge on any atom is -0.340 e. The van der Waals surface area contributed by atoms with Crippen LogP contribution < -0.4 is 5.32 Å². The van der Waals surface area contributed by atoms with Gasteiger partial charge in [-0.25, -0.2) is 9.48 Å². The van der Waals surface area contributed by atoms with E-state index in [-0.39, 0.29) is 18.4 Å². The molecule has 0 unspecified atom stereocenters. The van der Waals surface area contributed by atoms with E-state index in [9.17, 15) is 14.4 Å². The second-order valence-corrected chi connectivity index (χ2v) is 8.46. The van der Waals surface area contributed by atoms with Crippen LogP contribution in [0.2, 0.25) is 0 Å². The molecule has 1 N–H and O–H groups in total. The molecule has 8 nitrogen and oxygen atoms in total. The largest absolute Gasteiger partial charge is 0.340 e. The fraction of sp³-hybridized carbons (Fsp3) is 0.455. The van der Waals surface area contributed by atoms with E-state index in [1.807, 2.05) is 36.5 Å². The van der Waals surface area contributed by atoms with Crippen molar-refractivity contribution in [2.75, 3.05) is 13.6 Å². The Hall–Kier alpha value is -3.16. The van der Waals surface area contributed by atoms with Gasteiger partial charge < -0.3 is 10.2 Å². The minimum absolute atomic E-state index is 0.245. The van der Waals surface area contributed by atoms with Crippen molar-refractivity contribution in [3.05, 3.63) is 48.3 Å². The van der Waals surface area contributed by atoms with E-state index < -0.39 is 11.6 Å². The monoisotopic (exact) mass is 409 g/mol. The highest BCUT2D eigenvalue weighted by molar-refractivity contribution is 6.09. The number of nitrogens with one attached hydrogen (secondary N) is 1. The van der Waals surface area contributed by atoms with Crippen LogP contribution in [0.3, 0.4) is 0 Å². The quantitative estimate of drug-likeness (QED) is 0.768. The zero-order valence-electron chi connectivity index (χ0n) is 17.4. The second kappa shape index (κ2) is 7.93. The van der Waals surface area contributed by atoms with Gasteiger partial charge in [0.2, 0.25) is 5.91 Å². The Morgan fingerprint density at radius 1 is 1.23 bits per heavy atom. The molecule has 1 aliphatic carbocycles. The molecule has 1 aromatic heterocycles. The highest BCUT2D eigenvalue weighted by atomic mass is 16.2. The van der Waals surface area contributed by atoms with E-state index in [0.717, 1.165) is 29.0 Å². The summed E-state index contributed by atoms with van der Waals surface area (Å²) in [6, 6.07) is 9.24. The molecule has 30 heavy (non-hydrogen) atoms. The number of urea groups is 1. The number of aromatic nitrogens is 2. The fourth-order valence-corrected chi connectivity index (χ4v) is 4.20. The average molecular weight is 409 g/mol. The van der Waals surface area contributed by atoms with E-state index in [1.54, 1.807) is 17.9 Å². The van der Waals surface area contributed by atoms with Crippen LogP contribution in [-0.2, 0) is 16.1 Å². The van der Waals surface area contributed by atoms with Gasteiger partial charge in [-0.15, -0.1) is 0 Å². The predicted octanol–water partition coefficient (Wildman–Crippen LogP) is 2.33. The van der Waals surface area contributed by atoms with Crippen LogP contribution in [0.15, 0.2) is 42.7 Å². The van der Waals surface area contributed by atoms with Crippen LogP contribution in [0.4, 0.5) is 4.79 Å². The summed E-state index contributed by atoms with van der Waals surface area (Å²) in [6.45, 7) is 2.26. The van der Waals surface area contributed by atoms with E-state index >= 15 is 0 Å². The third-order valence-electron chi connectivity index (χ3n) is 6.17. The summed E-state index contributed by atoms with van der Waals surface area (Å²) >= 11 is 0. The number of imide groups is 1. The Morgan fingerprint density at radius 2 is 1.93 bits per heavy atom. The van der Waals surface area contributed by atoms with Gasteiger partial charge in [0, 0.05) is 25.4 Å². The third kappa shape index (κ3) is 3.81. The molecular formula is C22H27N5O3. The smallest absolute Gasteiger partial charge is 0.325 e. The van der Waals surface area contributed by atoms with Gasteiger partial charge in [-0.3, -0.25) is 14.5 Å². The normalized spacial score (nSPS) is 23.7. The molecule has 2 fully saturated rings. The van der Waals surface area contributed by atoms with Gasteiger partial charge in [-0.05, 0) is 43.7 Å². The first-order chi connectivity index (χ1) is 14.4. The van der Waals surface area contributed by atoms with Crippen LogP contribution in [0, 0.1) is 5.92 Å². The Morgan fingerprint density at radius 3 is 2.63 bits per heavy atom. The van der Waals surface area contributed by atoms with Crippen molar-refractivity contribution < 1.29 is 14.4 Å². The molecule has 2 aliphatic rings. The molecule has 4 rings (SSSR count). The van der Waals surface area contributed by atoms with Crippen LogP contribution in [0.25, 0.3) is 5.69 Å². The maximum atomic E-state index is 12.9. The molecule has 0 bridgehead atoms. The molecule has 0 atom stereocenters. The number of carbonyl (C=O) groups excluding carboxylic acids is 3. The number of hydrogen-bond acceptors (Lipinski definition) is 4. The number of carbonyl (C=O) groups is 3. The first-order valence-corrected chi connectivity index (χ1v) is 10.3. The van der Waals surface area contributed by atoms with Crippen molar-refractivity contribution in [3.63, 3.8) is 0 Å². The maximum Gasteiger partial charge on any atom is 0.325 e. The van der Waals surface area contributed by atoms with Crippen LogP contribution >= 0.6 is 0 Å². The van der Waals surface area contributed by atoms with Crippen LogP contribution in [0.1, 0.15) is 38.2 Å². The average Bonchev–Trinajstić information content (AvgIpc) is 3.30. The maximum absolute atomic E-state index is 12.9. The number of amides is 4. The lowest BCUT2D eigenvalue weighted by Gasteiger charge is -2.33. The highest BCUT2D eigenvalue weighted by Gasteiger charge is 2.52. The Bertz CT molecular complexity index is 947. The summed E-state index contributed by atoms with van der Waals surface area (Å²) in [6.07, 6.45) is 6.65. The van der Waals surface area contributed by atoms with Gasteiger partial charge in [0.1, 0.15) is 12.1 Å². The fourth-order valence-electron chi connectivity index (χ4n) is 4.20. The first kappa shape index (κ1) is 20.1. The number of hydrogen-bond donors (Lipinski definition) is 1. The molecule has 158 valence electrons. The van der Waals surface area contributed by atoms with Crippen molar-refractivity contribution in [1.29, 1.82) is 0 Å². The molecule has 1 spiro atoms. The number of para-hydroxylation sites is 1. The molecule has 0 radical (unpaired) electrons. The lowest BCUT2D eigenvalue weighted by molar-refractivity contribution is -0.139. The summed E-state index contributed by atoms with van der Waals surface area (Å²) in [5.41, 5.74) is 0.980. The molecular weight excluding hydrogens is 382 g/mol. The number of benzene rings is 1. The van der Waals surface area contributed by atoms with Gasteiger partial charge in [0.05, 0.1) is 11.9 Å². The SMILES string of the molecule is CC1CCC2(CC1)NC(=O)N(CC(=O)N(C)Cc1cnn(-c3ccccc3)c1)C2=O. The summed E-state index contributed by atoms with van der Waals surface area (Å²) in [4.78, 5) is 40.7. The molecule has 4 amide bonds. The predicted molar refractivity (Wildman–Crippen MR) is 111 cm³/mol. The number of likely N-dealkylation sites (N-methyl/N-ethyl adjacent to an activating group) is 1. The van der Waals surface area contributed by atoms with Gasteiger partial charge in [0.15, 0.2) is 0 Å². The van der Waals surface area contributed by atoms with Gasteiger partial charge in [0.25, 0.3) is 5.91 Å².